The van der Waals surface area contributed by atoms with Crippen molar-refractivity contribution in [1.29, 1.82) is 0 Å². The van der Waals surface area contributed by atoms with E-state index in [4.69, 9.17) is 5.73 Å². The number of carbonyl (C=O) groups excluding carboxylic acids is 2. The fourth-order valence-electron chi connectivity index (χ4n) is 2.57. The van der Waals surface area contributed by atoms with Crippen molar-refractivity contribution in [2.75, 3.05) is 5.32 Å². The molecule has 2 amide bonds. The molecule has 0 aliphatic rings. The molecule has 8 nitrogen and oxygen atoms in total. The molecule has 0 radical (unpaired) electrons. The van der Waals surface area contributed by atoms with Crippen LogP contribution in [0.2, 0.25) is 0 Å². The number of nitrogens with zero attached hydrogens (tertiary/aromatic N) is 3. The Hall–Kier alpha value is -2.76. The van der Waals surface area contributed by atoms with E-state index >= 15 is 0 Å². The minimum atomic E-state index is -4.78. The average Bonchev–Trinajstić information content (AvgIpc) is 3.01. The molecule has 1 heterocycles. The summed E-state index contributed by atoms with van der Waals surface area (Å²) in [5, 5.41) is 10.9. The zero-order chi connectivity index (χ0) is 23.2. The fraction of sp³-hybridized carbons (Fsp3) is 0.474. The largest absolute Gasteiger partial charge is 0.573 e. The first-order valence-electron chi connectivity index (χ1n) is 9.48. The number of ether oxygens (including phenoxy) is 1. The van der Waals surface area contributed by atoms with Gasteiger partial charge in [0.25, 0.3) is 0 Å². The van der Waals surface area contributed by atoms with Gasteiger partial charge in [-0.3, -0.25) is 9.59 Å². The van der Waals surface area contributed by atoms with Crippen LogP contribution < -0.4 is 15.8 Å². The Labute approximate surface area is 181 Å². The first kappa shape index (κ1) is 24.5. The molecule has 31 heavy (non-hydrogen) atoms. The van der Waals surface area contributed by atoms with Crippen molar-refractivity contribution in [3.05, 3.63) is 30.1 Å². The number of aromatic nitrogens is 3. The molecule has 1 aromatic heterocycles. The standard InChI is InChI=1S/C19H24F3N5O3S/c1-11(2)10-27-16(9-8-15(23)28)25-26-18(27)31-12(3)17(29)24-13-4-6-14(7-5-13)30-19(20,21)22/h4-7,11-12H,8-10H2,1-3H3,(H2,23,28)(H,24,29)/t12-/m0/s1. The number of carbonyl (C=O) groups is 2. The van der Waals surface area contributed by atoms with Crippen LogP contribution in [0.5, 0.6) is 5.75 Å². The van der Waals surface area contributed by atoms with E-state index in [1.807, 2.05) is 18.4 Å². The number of anilines is 1. The summed E-state index contributed by atoms with van der Waals surface area (Å²) in [5.41, 5.74) is 5.54. The second-order valence-corrected chi connectivity index (χ2v) is 8.50. The second-order valence-electron chi connectivity index (χ2n) is 7.19. The molecule has 12 heteroatoms. The lowest BCUT2D eigenvalue weighted by Gasteiger charge is -2.15. The highest BCUT2D eigenvalue weighted by atomic mass is 32.2. The van der Waals surface area contributed by atoms with Crippen LogP contribution in [0.25, 0.3) is 0 Å². The molecule has 0 saturated heterocycles. The molecule has 1 atom stereocenters. The van der Waals surface area contributed by atoms with E-state index in [1.165, 1.54) is 23.9 Å². The minimum Gasteiger partial charge on any atom is -0.406 e. The van der Waals surface area contributed by atoms with Crippen LogP contribution in [0.1, 0.15) is 33.0 Å². The van der Waals surface area contributed by atoms with Crippen LogP contribution in [-0.2, 0) is 22.6 Å². The summed E-state index contributed by atoms with van der Waals surface area (Å²) < 4.78 is 42.4. The molecule has 0 aliphatic heterocycles. The fourth-order valence-corrected chi connectivity index (χ4v) is 3.45. The quantitative estimate of drug-likeness (QED) is 0.527. The van der Waals surface area contributed by atoms with Gasteiger partial charge in [0.1, 0.15) is 11.6 Å². The Morgan fingerprint density at radius 2 is 1.84 bits per heavy atom. The average molecular weight is 459 g/mol. The van der Waals surface area contributed by atoms with Crippen LogP contribution in [0.4, 0.5) is 18.9 Å². The summed E-state index contributed by atoms with van der Waals surface area (Å²) in [7, 11) is 0. The lowest BCUT2D eigenvalue weighted by atomic mass is 10.2. The highest BCUT2D eigenvalue weighted by Crippen LogP contribution is 2.26. The van der Waals surface area contributed by atoms with Crippen molar-refractivity contribution in [3.63, 3.8) is 0 Å². The van der Waals surface area contributed by atoms with E-state index in [0.717, 1.165) is 12.1 Å². The number of alkyl halides is 3. The number of thioether (sulfide) groups is 1. The molecular formula is C19H24F3N5O3S. The molecule has 0 fully saturated rings. The number of nitrogens with two attached hydrogens (primary N) is 1. The molecule has 1 aromatic carbocycles. The predicted molar refractivity (Wildman–Crippen MR) is 109 cm³/mol. The van der Waals surface area contributed by atoms with Gasteiger partial charge in [0, 0.05) is 25.1 Å². The summed E-state index contributed by atoms with van der Waals surface area (Å²) in [6.45, 7) is 6.33. The van der Waals surface area contributed by atoms with Gasteiger partial charge in [0.05, 0.1) is 5.25 Å². The number of hydrogen-bond acceptors (Lipinski definition) is 6. The zero-order valence-corrected chi connectivity index (χ0v) is 18.1. The van der Waals surface area contributed by atoms with E-state index in [0.29, 0.717) is 29.6 Å². The summed E-state index contributed by atoms with van der Waals surface area (Å²) in [5.74, 6) is -0.273. The van der Waals surface area contributed by atoms with Crippen molar-refractivity contribution in [2.24, 2.45) is 11.7 Å². The number of halogens is 3. The smallest absolute Gasteiger partial charge is 0.406 e. The topological polar surface area (TPSA) is 112 Å². The molecule has 2 aromatic rings. The number of amides is 2. The van der Waals surface area contributed by atoms with Gasteiger partial charge in [-0.05, 0) is 37.1 Å². The Bertz CT molecular complexity index is 900. The molecule has 3 N–H and O–H groups in total. The van der Waals surface area contributed by atoms with Crippen molar-refractivity contribution < 1.29 is 27.5 Å². The van der Waals surface area contributed by atoms with Gasteiger partial charge >= 0.3 is 6.36 Å². The van der Waals surface area contributed by atoms with Crippen molar-refractivity contribution in [2.45, 2.75) is 56.9 Å². The van der Waals surface area contributed by atoms with Crippen molar-refractivity contribution in [1.82, 2.24) is 14.8 Å². The third-order valence-electron chi connectivity index (χ3n) is 3.94. The summed E-state index contributed by atoms with van der Waals surface area (Å²) >= 11 is 1.19. The molecule has 0 unspecified atom stereocenters. The molecule has 0 aliphatic carbocycles. The number of benzene rings is 1. The van der Waals surface area contributed by atoms with Crippen LogP contribution in [0.15, 0.2) is 29.4 Å². The normalized spacial score (nSPS) is 12.6. The van der Waals surface area contributed by atoms with Crippen molar-refractivity contribution in [3.8, 4) is 5.75 Å². The van der Waals surface area contributed by atoms with Gasteiger partial charge < -0.3 is 20.4 Å². The Balaban J connectivity index is 2.04. The molecule has 170 valence electrons. The van der Waals surface area contributed by atoms with Gasteiger partial charge in [-0.1, -0.05) is 25.6 Å². The van der Waals surface area contributed by atoms with Gasteiger partial charge in [0.2, 0.25) is 11.8 Å². The molecule has 0 bridgehead atoms. The van der Waals surface area contributed by atoms with E-state index < -0.39 is 17.5 Å². The van der Waals surface area contributed by atoms with Gasteiger partial charge in [0.15, 0.2) is 5.16 Å². The van der Waals surface area contributed by atoms with Gasteiger partial charge in [-0.2, -0.15) is 0 Å². The minimum absolute atomic E-state index is 0.144. The maximum atomic E-state index is 12.5. The Morgan fingerprint density at radius 1 is 1.19 bits per heavy atom. The SMILES string of the molecule is CC(C)Cn1c(CCC(N)=O)nnc1S[C@@H](C)C(=O)Nc1ccc(OC(F)(F)F)cc1. The zero-order valence-electron chi connectivity index (χ0n) is 17.3. The summed E-state index contributed by atoms with van der Waals surface area (Å²) in [4.78, 5) is 23.6. The number of hydrogen-bond donors (Lipinski definition) is 2. The Kier molecular flexibility index (Phi) is 8.31. The number of rotatable bonds is 10. The van der Waals surface area contributed by atoms with E-state index in [2.05, 4.69) is 20.3 Å². The number of primary amides is 1. The van der Waals surface area contributed by atoms with E-state index in [1.54, 1.807) is 6.92 Å². The van der Waals surface area contributed by atoms with E-state index in [9.17, 15) is 22.8 Å². The third-order valence-corrected chi connectivity index (χ3v) is 5.02. The van der Waals surface area contributed by atoms with Gasteiger partial charge in [-0.25, -0.2) is 0 Å². The highest BCUT2D eigenvalue weighted by molar-refractivity contribution is 8.00. The van der Waals surface area contributed by atoms with E-state index in [-0.39, 0.29) is 24.0 Å². The monoisotopic (exact) mass is 459 g/mol. The number of aryl methyl sites for hydroxylation is 1. The lowest BCUT2D eigenvalue weighted by molar-refractivity contribution is -0.274. The Morgan fingerprint density at radius 3 is 2.39 bits per heavy atom. The van der Waals surface area contributed by atoms with Crippen LogP contribution in [0, 0.1) is 5.92 Å². The first-order chi connectivity index (χ1) is 14.4. The first-order valence-corrected chi connectivity index (χ1v) is 10.4. The van der Waals surface area contributed by atoms with Crippen LogP contribution in [-0.4, -0.2) is 38.2 Å². The van der Waals surface area contributed by atoms with Crippen LogP contribution >= 0.6 is 11.8 Å². The molecule has 0 saturated carbocycles. The van der Waals surface area contributed by atoms with Gasteiger partial charge in [-0.15, -0.1) is 23.4 Å². The highest BCUT2D eigenvalue weighted by Gasteiger charge is 2.31. The lowest BCUT2D eigenvalue weighted by Crippen LogP contribution is -2.23. The molecule has 0 spiro atoms. The molecule has 2 rings (SSSR count). The third kappa shape index (κ3) is 8.12. The number of nitrogens with one attached hydrogen (secondary N) is 1. The summed E-state index contributed by atoms with van der Waals surface area (Å²) in [6.07, 6.45) is -4.29. The maximum absolute atomic E-state index is 12.5. The second kappa shape index (κ2) is 10.5. The van der Waals surface area contributed by atoms with Crippen molar-refractivity contribution >= 4 is 29.3 Å². The molecular weight excluding hydrogens is 435 g/mol. The predicted octanol–water partition coefficient (Wildman–Crippen LogP) is 3.37. The summed E-state index contributed by atoms with van der Waals surface area (Å²) in [6, 6.07) is 4.87. The van der Waals surface area contributed by atoms with Crippen LogP contribution in [0.3, 0.4) is 0 Å². The maximum Gasteiger partial charge on any atom is 0.573 e.